The van der Waals surface area contributed by atoms with Crippen molar-refractivity contribution in [2.24, 2.45) is 0 Å². The van der Waals surface area contributed by atoms with E-state index in [4.69, 9.17) is 11.6 Å². The number of halogens is 1. The van der Waals surface area contributed by atoms with Crippen LogP contribution in [-0.4, -0.2) is 20.0 Å². The Morgan fingerprint density at radius 2 is 1.57 bits per heavy atom. The molecule has 0 aliphatic heterocycles. The molecule has 0 unspecified atom stereocenters. The summed E-state index contributed by atoms with van der Waals surface area (Å²) in [6.45, 7) is 0.518. The third kappa shape index (κ3) is 4.23. The summed E-state index contributed by atoms with van der Waals surface area (Å²) in [7, 11) is 4.00. The van der Waals surface area contributed by atoms with E-state index in [0.29, 0.717) is 18.0 Å². The first-order chi connectivity index (χ1) is 10.1. The van der Waals surface area contributed by atoms with E-state index < -0.39 is 0 Å². The van der Waals surface area contributed by atoms with Gasteiger partial charge in [0.2, 0.25) is 0 Å². The van der Waals surface area contributed by atoms with E-state index in [9.17, 15) is 4.79 Å². The monoisotopic (exact) mass is 302 g/mol. The molecule has 0 saturated heterocycles. The van der Waals surface area contributed by atoms with E-state index >= 15 is 0 Å². The van der Waals surface area contributed by atoms with Crippen LogP contribution in [0, 0.1) is 0 Å². The van der Waals surface area contributed by atoms with Crippen molar-refractivity contribution >= 4 is 23.2 Å². The lowest BCUT2D eigenvalue weighted by Gasteiger charge is -2.13. The largest absolute Gasteiger partial charge is 0.378 e. The molecule has 2 rings (SSSR count). The van der Waals surface area contributed by atoms with Crippen molar-refractivity contribution in [2.75, 3.05) is 19.0 Å². The molecule has 0 aromatic heterocycles. The second-order valence-electron chi connectivity index (χ2n) is 5.07. The molecule has 110 valence electrons. The van der Waals surface area contributed by atoms with E-state index in [1.807, 2.05) is 55.4 Å². The van der Waals surface area contributed by atoms with Gasteiger partial charge in [0.05, 0.1) is 0 Å². The van der Waals surface area contributed by atoms with Crippen LogP contribution >= 0.6 is 11.6 Å². The number of hydrogen-bond donors (Lipinski definition) is 1. The van der Waals surface area contributed by atoms with Crippen molar-refractivity contribution in [3.8, 4) is 0 Å². The zero-order chi connectivity index (χ0) is 15.2. The van der Waals surface area contributed by atoms with Gasteiger partial charge in [-0.1, -0.05) is 24.3 Å². The minimum Gasteiger partial charge on any atom is -0.378 e. The van der Waals surface area contributed by atoms with Gasteiger partial charge >= 0.3 is 0 Å². The number of rotatable bonds is 5. The number of nitrogens with one attached hydrogen (secondary N) is 1. The number of nitrogens with zero attached hydrogens (tertiary/aromatic N) is 1. The lowest BCUT2D eigenvalue weighted by molar-refractivity contribution is 0.0951. The molecule has 2 aromatic carbocycles. The second kappa shape index (κ2) is 7.14. The van der Waals surface area contributed by atoms with Gasteiger partial charge < -0.3 is 10.2 Å². The van der Waals surface area contributed by atoms with Gasteiger partial charge in [0.1, 0.15) is 0 Å². The molecule has 2 aromatic rings. The maximum atomic E-state index is 12.0. The summed E-state index contributed by atoms with van der Waals surface area (Å²) in [5.41, 5.74) is 3.87. The standard InChI is InChI=1S/C17H19ClN2O/c1-20(2)16-9-5-14(6-10-16)12-19-17(21)15-7-3-13(11-18)4-8-15/h3-10H,11-12H2,1-2H3,(H,19,21). The minimum atomic E-state index is -0.0761. The molecule has 0 bridgehead atoms. The highest BCUT2D eigenvalue weighted by Gasteiger charge is 2.05. The smallest absolute Gasteiger partial charge is 0.251 e. The van der Waals surface area contributed by atoms with Gasteiger partial charge in [-0.3, -0.25) is 4.79 Å². The normalized spacial score (nSPS) is 10.2. The van der Waals surface area contributed by atoms with E-state index in [-0.39, 0.29) is 5.91 Å². The summed E-state index contributed by atoms with van der Waals surface area (Å²) in [5.74, 6) is 0.382. The highest BCUT2D eigenvalue weighted by molar-refractivity contribution is 6.17. The second-order valence-corrected chi connectivity index (χ2v) is 5.34. The highest BCUT2D eigenvalue weighted by Crippen LogP contribution is 2.12. The van der Waals surface area contributed by atoms with Gasteiger partial charge in [0.25, 0.3) is 5.91 Å². The van der Waals surface area contributed by atoms with Crippen LogP contribution in [-0.2, 0) is 12.4 Å². The Hall–Kier alpha value is -2.00. The Morgan fingerprint density at radius 3 is 2.10 bits per heavy atom. The summed E-state index contributed by atoms with van der Waals surface area (Å²) < 4.78 is 0. The van der Waals surface area contributed by atoms with E-state index in [1.54, 1.807) is 12.1 Å². The first kappa shape index (κ1) is 15.4. The maximum absolute atomic E-state index is 12.0. The molecule has 21 heavy (non-hydrogen) atoms. The molecule has 4 heteroatoms. The van der Waals surface area contributed by atoms with Crippen molar-refractivity contribution in [1.29, 1.82) is 0 Å². The van der Waals surface area contributed by atoms with Gasteiger partial charge in [0, 0.05) is 37.8 Å². The average molecular weight is 303 g/mol. The summed E-state index contributed by atoms with van der Waals surface area (Å²) in [6, 6.07) is 15.4. The van der Waals surface area contributed by atoms with Crippen molar-refractivity contribution in [3.05, 3.63) is 65.2 Å². The van der Waals surface area contributed by atoms with Crippen molar-refractivity contribution in [3.63, 3.8) is 0 Å². The fraction of sp³-hybridized carbons (Fsp3) is 0.235. The molecule has 0 heterocycles. The Bertz CT molecular complexity index is 591. The van der Waals surface area contributed by atoms with Crippen molar-refractivity contribution < 1.29 is 4.79 Å². The molecular formula is C17H19ClN2O. The van der Waals surface area contributed by atoms with Crippen LogP contribution in [0.1, 0.15) is 21.5 Å². The van der Waals surface area contributed by atoms with Gasteiger partial charge in [0.15, 0.2) is 0 Å². The molecule has 0 saturated carbocycles. The van der Waals surface area contributed by atoms with Crippen molar-refractivity contribution in [1.82, 2.24) is 5.32 Å². The van der Waals surface area contributed by atoms with Crippen LogP contribution in [0.25, 0.3) is 0 Å². The maximum Gasteiger partial charge on any atom is 0.251 e. The molecule has 0 aliphatic rings. The lowest BCUT2D eigenvalue weighted by Crippen LogP contribution is -2.22. The highest BCUT2D eigenvalue weighted by atomic mass is 35.5. The topological polar surface area (TPSA) is 32.3 Å². The summed E-state index contributed by atoms with van der Waals surface area (Å²) >= 11 is 5.73. The lowest BCUT2D eigenvalue weighted by atomic mass is 10.1. The predicted octanol–water partition coefficient (Wildman–Crippen LogP) is 3.42. The van der Waals surface area contributed by atoms with Crippen LogP contribution in [0.2, 0.25) is 0 Å². The Morgan fingerprint density at radius 1 is 1.00 bits per heavy atom. The van der Waals surface area contributed by atoms with Crippen LogP contribution in [0.5, 0.6) is 0 Å². The van der Waals surface area contributed by atoms with Crippen LogP contribution in [0.15, 0.2) is 48.5 Å². The fourth-order valence-electron chi connectivity index (χ4n) is 1.94. The first-order valence-electron chi connectivity index (χ1n) is 6.79. The number of anilines is 1. The zero-order valence-corrected chi connectivity index (χ0v) is 13.0. The molecule has 1 amide bonds. The summed E-state index contributed by atoms with van der Waals surface area (Å²) in [6.07, 6.45) is 0. The minimum absolute atomic E-state index is 0.0761. The van der Waals surface area contributed by atoms with Crippen LogP contribution < -0.4 is 10.2 Å². The van der Waals surface area contributed by atoms with Crippen molar-refractivity contribution in [2.45, 2.75) is 12.4 Å². The predicted molar refractivity (Wildman–Crippen MR) is 87.9 cm³/mol. The van der Waals surface area contributed by atoms with Crippen LogP contribution in [0.4, 0.5) is 5.69 Å². The van der Waals surface area contributed by atoms with Gasteiger partial charge in [-0.15, -0.1) is 11.6 Å². The number of benzene rings is 2. The number of hydrogen-bond acceptors (Lipinski definition) is 2. The molecule has 0 spiro atoms. The van der Waals surface area contributed by atoms with Gasteiger partial charge in [-0.25, -0.2) is 0 Å². The molecule has 0 fully saturated rings. The summed E-state index contributed by atoms with van der Waals surface area (Å²) in [4.78, 5) is 14.1. The van der Waals surface area contributed by atoms with Gasteiger partial charge in [-0.05, 0) is 35.4 Å². The number of alkyl halides is 1. The molecule has 0 atom stereocenters. The fourth-order valence-corrected chi connectivity index (χ4v) is 2.12. The van der Waals surface area contributed by atoms with E-state index in [0.717, 1.165) is 16.8 Å². The van der Waals surface area contributed by atoms with E-state index in [1.165, 1.54) is 0 Å². The number of amides is 1. The molecule has 3 nitrogen and oxygen atoms in total. The number of carbonyl (C=O) groups is 1. The molecular weight excluding hydrogens is 284 g/mol. The van der Waals surface area contributed by atoms with Gasteiger partial charge in [-0.2, -0.15) is 0 Å². The third-order valence-electron chi connectivity index (χ3n) is 3.28. The zero-order valence-electron chi connectivity index (χ0n) is 12.3. The summed E-state index contributed by atoms with van der Waals surface area (Å²) in [5, 5.41) is 2.92. The van der Waals surface area contributed by atoms with E-state index in [2.05, 4.69) is 5.32 Å². The molecule has 0 aliphatic carbocycles. The average Bonchev–Trinajstić information content (AvgIpc) is 2.53. The third-order valence-corrected chi connectivity index (χ3v) is 3.58. The SMILES string of the molecule is CN(C)c1ccc(CNC(=O)c2ccc(CCl)cc2)cc1. The Labute approximate surface area is 130 Å². The first-order valence-corrected chi connectivity index (χ1v) is 7.33. The van der Waals surface area contributed by atoms with Crippen LogP contribution in [0.3, 0.4) is 0 Å². The number of carbonyl (C=O) groups excluding carboxylic acids is 1. The molecule has 1 N–H and O–H groups in total. The quantitative estimate of drug-likeness (QED) is 0.858. The Kier molecular flexibility index (Phi) is 5.23. The molecule has 0 radical (unpaired) electrons. The Balaban J connectivity index is 1.93.